The van der Waals surface area contributed by atoms with Gasteiger partial charge in [0.05, 0.1) is 6.04 Å². The van der Waals surface area contributed by atoms with Crippen LogP contribution in [-0.2, 0) is 0 Å². The van der Waals surface area contributed by atoms with Crippen molar-refractivity contribution in [2.24, 2.45) is 0 Å². The molecule has 0 aliphatic rings. The normalized spacial score (nSPS) is 12.1. The van der Waals surface area contributed by atoms with Crippen LogP contribution in [0, 0.1) is 6.92 Å². The van der Waals surface area contributed by atoms with E-state index in [1.165, 1.54) is 5.56 Å². The smallest absolute Gasteiger partial charge is 0.173 e. The Morgan fingerprint density at radius 1 is 1.20 bits per heavy atom. The summed E-state index contributed by atoms with van der Waals surface area (Å²) in [6.45, 7) is 5.87. The number of aromatic nitrogens is 1. The molecule has 134 valence electrons. The standard InChI is InChI=1S/C19H25ClN4S/c1-14-5-6-17(13-18(14)20)22-19(25)24(12-11-23(3)4)15(2)16-7-9-21-10-8-16/h5-10,13,15H,11-12H2,1-4H3,(H,22,25). The van der Waals surface area contributed by atoms with Crippen LogP contribution in [0.3, 0.4) is 0 Å². The van der Waals surface area contributed by atoms with Crippen molar-refractivity contribution in [3.05, 3.63) is 58.9 Å². The molecule has 0 spiro atoms. The molecule has 0 aliphatic carbocycles. The van der Waals surface area contributed by atoms with E-state index in [-0.39, 0.29) is 6.04 Å². The van der Waals surface area contributed by atoms with Gasteiger partial charge in [0.15, 0.2) is 5.11 Å². The Labute approximate surface area is 160 Å². The van der Waals surface area contributed by atoms with Gasteiger partial charge in [0.1, 0.15) is 0 Å². The number of rotatable bonds is 6. The Balaban J connectivity index is 2.18. The summed E-state index contributed by atoms with van der Waals surface area (Å²) in [6, 6.07) is 10.1. The third-order valence-corrected chi connectivity index (χ3v) is 4.87. The number of aryl methyl sites for hydroxylation is 1. The molecule has 1 atom stereocenters. The van der Waals surface area contributed by atoms with E-state index in [0.717, 1.165) is 29.4 Å². The van der Waals surface area contributed by atoms with Gasteiger partial charge in [-0.25, -0.2) is 0 Å². The first-order valence-electron chi connectivity index (χ1n) is 8.27. The van der Waals surface area contributed by atoms with Crippen molar-refractivity contribution in [1.82, 2.24) is 14.8 Å². The van der Waals surface area contributed by atoms with Gasteiger partial charge in [0.2, 0.25) is 0 Å². The summed E-state index contributed by atoms with van der Waals surface area (Å²) < 4.78 is 0. The van der Waals surface area contributed by atoms with Crippen LogP contribution in [0.4, 0.5) is 5.69 Å². The Morgan fingerprint density at radius 2 is 1.88 bits per heavy atom. The van der Waals surface area contributed by atoms with E-state index in [9.17, 15) is 0 Å². The number of hydrogen-bond acceptors (Lipinski definition) is 3. The molecule has 2 aromatic rings. The zero-order valence-electron chi connectivity index (χ0n) is 15.2. The number of benzene rings is 1. The molecule has 0 aliphatic heterocycles. The topological polar surface area (TPSA) is 31.4 Å². The molecule has 0 radical (unpaired) electrons. The fraction of sp³-hybridized carbons (Fsp3) is 0.368. The van der Waals surface area contributed by atoms with Crippen LogP contribution in [0.2, 0.25) is 5.02 Å². The third kappa shape index (κ3) is 5.66. The van der Waals surface area contributed by atoms with Crippen molar-refractivity contribution >= 4 is 34.6 Å². The molecule has 4 nitrogen and oxygen atoms in total. The van der Waals surface area contributed by atoms with Crippen LogP contribution in [0.5, 0.6) is 0 Å². The molecule has 0 saturated heterocycles. The average Bonchev–Trinajstić information content (AvgIpc) is 2.58. The predicted octanol–water partition coefficient (Wildman–Crippen LogP) is 4.37. The highest BCUT2D eigenvalue weighted by atomic mass is 35.5. The zero-order valence-corrected chi connectivity index (χ0v) is 16.7. The average molecular weight is 377 g/mol. The second kappa shape index (κ2) is 9.13. The minimum absolute atomic E-state index is 0.142. The highest BCUT2D eigenvalue weighted by Gasteiger charge is 2.19. The minimum atomic E-state index is 0.142. The van der Waals surface area contributed by atoms with Crippen LogP contribution in [0.1, 0.15) is 24.1 Å². The highest BCUT2D eigenvalue weighted by molar-refractivity contribution is 7.80. The van der Waals surface area contributed by atoms with Crippen LogP contribution in [-0.4, -0.2) is 47.1 Å². The van der Waals surface area contributed by atoms with Crippen molar-refractivity contribution in [2.75, 3.05) is 32.5 Å². The van der Waals surface area contributed by atoms with E-state index in [1.807, 2.05) is 49.6 Å². The number of thiocarbonyl (C=S) groups is 1. The Bertz CT molecular complexity index is 706. The largest absolute Gasteiger partial charge is 0.341 e. The summed E-state index contributed by atoms with van der Waals surface area (Å²) in [5.74, 6) is 0. The maximum atomic E-state index is 6.23. The van der Waals surface area contributed by atoms with Crippen molar-refractivity contribution in [3.8, 4) is 0 Å². The molecule has 25 heavy (non-hydrogen) atoms. The Hall–Kier alpha value is -1.69. The molecule has 1 aromatic heterocycles. The van der Waals surface area contributed by atoms with E-state index in [0.29, 0.717) is 5.11 Å². The molecular formula is C19H25ClN4S. The minimum Gasteiger partial charge on any atom is -0.341 e. The van der Waals surface area contributed by atoms with Crippen LogP contribution < -0.4 is 5.32 Å². The number of nitrogens with zero attached hydrogens (tertiary/aromatic N) is 3. The number of nitrogens with one attached hydrogen (secondary N) is 1. The van der Waals surface area contributed by atoms with Gasteiger partial charge in [-0.3, -0.25) is 4.98 Å². The van der Waals surface area contributed by atoms with Crippen LogP contribution in [0.25, 0.3) is 0 Å². The molecule has 1 unspecified atom stereocenters. The molecule has 0 fully saturated rings. The van der Waals surface area contributed by atoms with E-state index in [2.05, 4.69) is 41.1 Å². The molecule has 0 saturated carbocycles. The second-order valence-electron chi connectivity index (χ2n) is 6.35. The van der Waals surface area contributed by atoms with E-state index >= 15 is 0 Å². The molecule has 0 bridgehead atoms. The van der Waals surface area contributed by atoms with Crippen molar-refractivity contribution in [3.63, 3.8) is 0 Å². The number of pyridine rings is 1. The monoisotopic (exact) mass is 376 g/mol. The van der Waals surface area contributed by atoms with Gasteiger partial charge in [-0.1, -0.05) is 17.7 Å². The Morgan fingerprint density at radius 3 is 2.48 bits per heavy atom. The molecule has 1 aromatic carbocycles. The zero-order chi connectivity index (χ0) is 18.4. The summed E-state index contributed by atoms with van der Waals surface area (Å²) in [6.07, 6.45) is 3.62. The van der Waals surface area contributed by atoms with Gasteiger partial charge >= 0.3 is 0 Å². The molecule has 1 N–H and O–H groups in total. The van der Waals surface area contributed by atoms with Gasteiger partial charge in [0.25, 0.3) is 0 Å². The fourth-order valence-electron chi connectivity index (χ4n) is 2.47. The maximum Gasteiger partial charge on any atom is 0.173 e. The lowest BCUT2D eigenvalue weighted by Crippen LogP contribution is -2.40. The van der Waals surface area contributed by atoms with Crippen molar-refractivity contribution < 1.29 is 0 Å². The lowest BCUT2D eigenvalue weighted by atomic mass is 10.1. The molecule has 2 rings (SSSR count). The second-order valence-corrected chi connectivity index (χ2v) is 7.14. The Kier molecular flexibility index (Phi) is 7.17. The molecule has 0 amide bonds. The lowest BCUT2D eigenvalue weighted by molar-refractivity contribution is 0.289. The van der Waals surface area contributed by atoms with Gasteiger partial charge in [0, 0.05) is 36.2 Å². The van der Waals surface area contributed by atoms with Gasteiger partial charge in [-0.2, -0.15) is 0 Å². The van der Waals surface area contributed by atoms with Crippen molar-refractivity contribution in [2.45, 2.75) is 19.9 Å². The molecule has 1 heterocycles. The predicted molar refractivity (Wildman–Crippen MR) is 110 cm³/mol. The summed E-state index contributed by atoms with van der Waals surface area (Å²) in [4.78, 5) is 8.45. The van der Waals surface area contributed by atoms with E-state index < -0.39 is 0 Å². The van der Waals surface area contributed by atoms with Crippen LogP contribution >= 0.6 is 23.8 Å². The summed E-state index contributed by atoms with van der Waals surface area (Å²) in [5, 5.41) is 4.74. The van der Waals surface area contributed by atoms with Crippen molar-refractivity contribution in [1.29, 1.82) is 0 Å². The maximum absolute atomic E-state index is 6.23. The quantitative estimate of drug-likeness (QED) is 0.757. The lowest BCUT2D eigenvalue weighted by Gasteiger charge is -2.33. The van der Waals surface area contributed by atoms with E-state index in [4.69, 9.17) is 23.8 Å². The summed E-state index contributed by atoms with van der Waals surface area (Å²) in [5.41, 5.74) is 3.13. The number of halogens is 1. The van der Waals surface area contributed by atoms with Crippen LogP contribution in [0.15, 0.2) is 42.7 Å². The SMILES string of the molecule is Cc1ccc(NC(=S)N(CCN(C)C)C(C)c2ccncc2)cc1Cl. The highest BCUT2D eigenvalue weighted by Crippen LogP contribution is 2.23. The summed E-state index contributed by atoms with van der Waals surface area (Å²) >= 11 is 11.9. The fourth-order valence-corrected chi connectivity index (χ4v) is 3.01. The first-order chi connectivity index (χ1) is 11.9. The van der Waals surface area contributed by atoms with Gasteiger partial charge in [-0.05, 0) is 75.6 Å². The van der Waals surface area contributed by atoms with E-state index in [1.54, 1.807) is 0 Å². The number of anilines is 1. The number of likely N-dealkylation sites (N-methyl/N-ethyl adjacent to an activating group) is 1. The first-order valence-corrected chi connectivity index (χ1v) is 9.05. The molecular weight excluding hydrogens is 352 g/mol. The first kappa shape index (κ1) is 19.6. The van der Waals surface area contributed by atoms with Gasteiger partial charge in [-0.15, -0.1) is 0 Å². The summed E-state index contributed by atoms with van der Waals surface area (Å²) in [7, 11) is 4.12. The third-order valence-electron chi connectivity index (χ3n) is 4.13. The molecule has 6 heteroatoms. The van der Waals surface area contributed by atoms with Gasteiger partial charge < -0.3 is 15.1 Å². The number of hydrogen-bond donors (Lipinski definition) is 1.